The van der Waals surface area contributed by atoms with Gasteiger partial charge in [-0.05, 0) is 43.7 Å². The van der Waals surface area contributed by atoms with E-state index in [1.807, 2.05) is 0 Å². The average molecular weight is 289 g/mol. The molecule has 2 aliphatic rings. The minimum absolute atomic E-state index is 0.117. The van der Waals surface area contributed by atoms with Crippen molar-refractivity contribution in [2.24, 2.45) is 10.9 Å². The van der Waals surface area contributed by atoms with Crippen LogP contribution in [-0.4, -0.2) is 24.8 Å². The zero-order valence-electron chi connectivity index (χ0n) is 12.2. The van der Waals surface area contributed by atoms with Gasteiger partial charge in [0.25, 0.3) is 0 Å². The zero-order valence-corrected chi connectivity index (χ0v) is 12.2. The third-order valence-electron chi connectivity index (χ3n) is 4.31. The number of benzene rings is 1. The predicted octanol–water partition coefficient (Wildman–Crippen LogP) is 3.64. The lowest BCUT2D eigenvalue weighted by Gasteiger charge is -2.31. The Labute approximate surface area is 124 Å². The van der Waals surface area contributed by atoms with E-state index in [0.29, 0.717) is 17.9 Å². The molecule has 1 aliphatic heterocycles. The molecule has 1 aliphatic carbocycles. The van der Waals surface area contributed by atoms with Crippen molar-refractivity contribution in [3.05, 3.63) is 24.0 Å². The van der Waals surface area contributed by atoms with E-state index in [4.69, 9.17) is 0 Å². The van der Waals surface area contributed by atoms with Gasteiger partial charge in [0.15, 0.2) is 0 Å². The Morgan fingerprint density at radius 2 is 2.10 bits per heavy atom. The third-order valence-corrected chi connectivity index (χ3v) is 4.31. The summed E-state index contributed by atoms with van der Waals surface area (Å²) in [6.45, 7) is 2.68. The Balaban J connectivity index is 1.70. The summed E-state index contributed by atoms with van der Waals surface area (Å²) >= 11 is 0. The standard InChI is InChI=1S/C16H20FN3O/c1-11-2-5-13(6-3-11)19-16(21)20-9-8-18-14-10-12(17)4-7-15(14)20/h4,7-8,10-11,13H,2-3,5-6,9H2,1H3,(H,19,21). The maximum absolute atomic E-state index is 13.2. The molecule has 0 bridgehead atoms. The topological polar surface area (TPSA) is 44.7 Å². The fourth-order valence-electron chi connectivity index (χ4n) is 3.00. The van der Waals surface area contributed by atoms with Gasteiger partial charge in [0.05, 0.1) is 17.9 Å². The number of rotatable bonds is 1. The van der Waals surface area contributed by atoms with E-state index in [-0.39, 0.29) is 17.9 Å². The van der Waals surface area contributed by atoms with Gasteiger partial charge in [-0.1, -0.05) is 6.92 Å². The van der Waals surface area contributed by atoms with Crippen molar-refractivity contribution >= 4 is 23.6 Å². The van der Waals surface area contributed by atoms with E-state index in [9.17, 15) is 9.18 Å². The van der Waals surface area contributed by atoms with E-state index in [2.05, 4.69) is 17.2 Å². The van der Waals surface area contributed by atoms with Gasteiger partial charge in [-0.15, -0.1) is 0 Å². The quantitative estimate of drug-likeness (QED) is 0.843. The Morgan fingerprint density at radius 3 is 2.86 bits per heavy atom. The summed E-state index contributed by atoms with van der Waals surface area (Å²) in [5.74, 6) is 0.415. The Hall–Kier alpha value is -1.91. The van der Waals surface area contributed by atoms with Crippen LogP contribution in [0.1, 0.15) is 32.6 Å². The van der Waals surface area contributed by atoms with E-state index in [1.54, 1.807) is 17.2 Å². The molecule has 2 amide bonds. The van der Waals surface area contributed by atoms with Crippen LogP contribution in [-0.2, 0) is 0 Å². The predicted molar refractivity (Wildman–Crippen MR) is 81.8 cm³/mol. The molecule has 3 rings (SSSR count). The first-order valence-corrected chi connectivity index (χ1v) is 7.53. The normalized spacial score (nSPS) is 24.6. The largest absolute Gasteiger partial charge is 0.335 e. The lowest BCUT2D eigenvalue weighted by Crippen LogP contribution is -2.47. The molecule has 1 heterocycles. The molecule has 0 radical (unpaired) electrons. The van der Waals surface area contributed by atoms with Crippen molar-refractivity contribution in [1.82, 2.24) is 5.32 Å². The molecule has 4 nitrogen and oxygen atoms in total. The van der Waals surface area contributed by atoms with E-state index in [0.717, 1.165) is 31.6 Å². The molecular weight excluding hydrogens is 269 g/mol. The van der Waals surface area contributed by atoms with Crippen LogP contribution >= 0.6 is 0 Å². The molecule has 1 aromatic carbocycles. The fraction of sp³-hybridized carbons (Fsp3) is 0.500. The summed E-state index contributed by atoms with van der Waals surface area (Å²) in [6.07, 6.45) is 6.03. The maximum Gasteiger partial charge on any atom is 0.322 e. The lowest BCUT2D eigenvalue weighted by molar-refractivity contribution is 0.234. The van der Waals surface area contributed by atoms with E-state index < -0.39 is 0 Å². The Morgan fingerprint density at radius 1 is 1.33 bits per heavy atom. The molecule has 5 heteroatoms. The van der Waals surface area contributed by atoms with Crippen LogP contribution in [0.4, 0.5) is 20.6 Å². The molecule has 0 saturated heterocycles. The van der Waals surface area contributed by atoms with Crippen LogP contribution in [0.5, 0.6) is 0 Å². The minimum atomic E-state index is -0.338. The second-order valence-corrected chi connectivity index (χ2v) is 5.96. The highest BCUT2D eigenvalue weighted by atomic mass is 19.1. The van der Waals surface area contributed by atoms with Crippen LogP contribution in [0, 0.1) is 11.7 Å². The van der Waals surface area contributed by atoms with Crippen LogP contribution in [0.25, 0.3) is 0 Å². The molecule has 1 aromatic rings. The molecule has 0 spiro atoms. The molecule has 0 atom stereocenters. The number of nitrogens with one attached hydrogen (secondary N) is 1. The summed E-state index contributed by atoms with van der Waals surface area (Å²) in [6, 6.07) is 4.46. The molecule has 0 unspecified atom stereocenters. The first-order valence-electron chi connectivity index (χ1n) is 7.53. The summed E-state index contributed by atoms with van der Waals surface area (Å²) in [5, 5.41) is 3.10. The van der Waals surface area contributed by atoms with Crippen molar-refractivity contribution in [3.8, 4) is 0 Å². The van der Waals surface area contributed by atoms with Crippen LogP contribution in [0.2, 0.25) is 0 Å². The number of aliphatic imine (C=N–C) groups is 1. The monoisotopic (exact) mass is 289 g/mol. The van der Waals surface area contributed by atoms with Crippen LogP contribution < -0.4 is 10.2 Å². The molecule has 0 aromatic heterocycles. The first kappa shape index (κ1) is 14.0. The molecule has 1 N–H and O–H groups in total. The average Bonchev–Trinajstić information content (AvgIpc) is 2.48. The molecule has 1 saturated carbocycles. The Kier molecular flexibility index (Phi) is 3.90. The molecule has 21 heavy (non-hydrogen) atoms. The van der Waals surface area contributed by atoms with Crippen molar-refractivity contribution in [3.63, 3.8) is 0 Å². The van der Waals surface area contributed by atoms with Crippen molar-refractivity contribution < 1.29 is 9.18 Å². The maximum atomic E-state index is 13.2. The number of anilines is 1. The fourth-order valence-corrected chi connectivity index (χ4v) is 3.00. The van der Waals surface area contributed by atoms with Gasteiger partial charge in [0, 0.05) is 18.3 Å². The van der Waals surface area contributed by atoms with Gasteiger partial charge < -0.3 is 5.32 Å². The Bertz CT molecular complexity index is 565. The minimum Gasteiger partial charge on any atom is -0.335 e. The smallest absolute Gasteiger partial charge is 0.322 e. The number of fused-ring (bicyclic) bond motifs is 1. The number of nitrogens with zero attached hydrogens (tertiary/aromatic N) is 2. The second-order valence-electron chi connectivity index (χ2n) is 5.96. The molecular formula is C16H20FN3O. The van der Waals surface area contributed by atoms with Gasteiger partial charge in [-0.25, -0.2) is 9.18 Å². The van der Waals surface area contributed by atoms with Gasteiger partial charge >= 0.3 is 6.03 Å². The number of hydrogen-bond donors (Lipinski definition) is 1. The number of carbonyl (C=O) groups excluding carboxylic acids is 1. The number of urea groups is 1. The number of hydrogen-bond acceptors (Lipinski definition) is 2. The highest BCUT2D eigenvalue weighted by Crippen LogP contribution is 2.32. The highest BCUT2D eigenvalue weighted by molar-refractivity contribution is 6.00. The number of carbonyl (C=O) groups is 1. The van der Waals surface area contributed by atoms with Crippen LogP contribution in [0.3, 0.4) is 0 Å². The second kappa shape index (κ2) is 5.84. The highest BCUT2D eigenvalue weighted by Gasteiger charge is 2.25. The number of halogens is 1. The summed E-state index contributed by atoms with van der Waals surface area (Å²) in [4.78, 5) is 18.2. The van der Waals surface area contributed by atoms with Gasteiger partial charge in [0.1, 0.15) is 5.82 Å². The van der Waals surface area contributed by atoms with E-state index >= 15 is 0 Å². The lowest BCUT2D eigenvalue weighted by atomic mass is 9.87. The summed E-state index contributed by atoms with van der Waals surface area (Å²) in [7, 11) is 0. The van der Waals surface area contributed by atoms with E-state index in [1.165, 1.54) is 12.1 Å². The zero-order chi connectivity index (χ0) is 14.8. The number of amides is 2. The van der Waals surface area contributed by atoms with Gasteiger partial charge in [0.2, 0.25) is 0 Å². The molecule has 1 fully saturated rings. The summed E-state index contributed by atoms with van der Waals surface area (Å²) in [5.41, 5.74) is 1.18. The van der Waals surface area contributed by atoms with Gasteiger partial charge in [-0.2, -0.15) is 0 Å². The van der Waals surface area contributed by atoms with Gasteiger partial charge in [-0.3, -0.25) is 9.89 Å². The molecule has 112 valence electrons. The third kappa shape index (κ3) is 3.06. The SMILES string of the molecule is CC1CCC(NC(=O)N2CC=Nc3cc(F)ccc32)CC1. The van der Waals surface area contributed by atoms with Crippen molar-refractivity contribution in [2.75, 3.05) is 11.4 Å². The first-order chi connectivity index (χ1) is 10.1. The summed E-state index contributed by atoms with van der Waals surface area (Å²) < 4.78 is 13.2. The van der Waals surface area contributed by atoms with Crippen molar-refractivity contribution in [1.29, 1.82) is 0 Å². The van der Waals surface area contributed by atoms with Crippen molar-refractivity contribution in [2.45, 2.75) is 38.6 Å². The van der Waals surface area contributed by atoms with Crippen LogP contribution in [0.15, 0.2) is 23.2 Å².